The van der Waals surface area contributed by atoms with E-state index in [4.69, 9.17) is 9.84 Å². The van der Waals surface area contributed by atoms with Crippen molar-refractivity contribution in [3.8, 4) is 5.75 Å². The van der Waals surface area contributed by atoms with Crippen molar-refractivity contribution >= 4 is 23.5 Å². The summed E-state index contributed by atoms with van der Waals surface area (Å²) in [7, 11) is 2.96. The molecule has 124 valence electrons. The van der Waals surface area contributed by atoms with E-state index < -0.39 is 29.1 Å². The molecule has 0 saturated heterocycles. The number of ether oxygens (including phenoxy) is 1. The average Bonchev–Trinajstić information content (AvgIpc) is 3.09. The van der Waals surface area contributed by atoms with Crippen LogP contribution in [0.15, 0.2) is 18.2 Å². The van der Waals surface area contributed by atoms with Crippen LogP contribution < -0.4 is 15.4 Å². The van der Waals surface area contributed by atoms with Crippen LogP contribution in [0.1, 0.15) is 24.2 Å². The van der Waals surface area contributed by atoms with E-state index in [0.717, 1.165) is 0 Å². The zero-order chi connectivity index (χ0) is 17.4. The summed E-state index contributed by atoms with van der Waals surface area (Å²) in [5, 5.41) is 14.3. The zero-order valence-electron chi connectivity index (χ0n) is 13.5. The maximum Gasteiger partial charge on any atom is 0.307 e. The number of carboxylic acids is 1. The number of benzene rings is 1. The number of aliphatic carboxylic acids is 1. The predicted octanol–water partition coefficient (Wildman–Crippen LogP) is 1.35. The number of methoxy groups -OCH3 is 1. The van der Waals surface area contributed by atoms with Gasteiger partial charge in [-0.05, 0) is 23.6 Å². The molecule has 1 aliphatic carbocycles. The fourth-order valence-corrected chi connectivity index (χ4v) is 2.89. The number of carbonyl (C=O) groups is 3. The Kier molecular flexibility index (Phi) is 4.31. The van der Waals surface area contributed by atoms with Gasteiger partial charge in [0.05, 0.1) is 24.6 Å². The second-order valence-electron chi connectivity index (χ2n) is 6.10. The van der Waals surface area contributed by atoms with Crippen molar-refractivity contribution in [2.75, 3.05) is 19.5 Å². The lowest BCUT2D eigenvalue weighted by molar-refractivity contribution is -0.140. The van der Waals surface area contributed by atoms with Crippen LogP contribution >= 0.6 is 0 Å². The van der Waals surface area contributed by atoms with Gasteiger partial charge in [-0.3, -0.25) is 14.4 Å². The molecule has 1 saturated carbocycles. The lowest BCUT2D eigenvalue weighted by Crippen LogP contribution is -2.20. The van der Waals surface area contributed by atoms with E-state index in [1.807, 2.05) is 0 Å². The molecule has 23 heavy (non-hydrogen) atoms. The Labute approximate surface area is 134 Å². The maximum atomic E-state index is 12.4. The molecule has 0 aromatic heterocycles. The standard InChI is InChI=1S/C16H20N2O5/c1-16(2)11(12(16)15(21)22)14(20)18-9-7-8(13(19)17-3)5-6-10(9)23-4/h5-7,11-12H,1-4H3,(H,17,19)(H,18,20)(H,21,22). The average molecular weight is 320 g/mol. The first-order valence-corrected chi connectivity index (χ1v) is 7.17. The normalized spacial score (nSPS) is 21.2. The third-order valence-corrected chi connectivity index (χ3v) is 4.32. The molecule has 7 heteroatoms. The van der Waals surface area contributed by atoms with Crippen molar-refractivity contribution in [2.45, 2.75) is 13.8 Å². The molecule has 2 unspecified atom stereocenters. The van der Waals surface area contributed by atoms with E-state index in [1.165, 1.54) is 20.2 Å². The summed E-state index contributed by atoms with van der Waals surface area (Å²) in [4.78, 5) is 35.3. The number of anilines is 1. The van der Waals surface area contributed by atoms with Gasteiger partial charge in [-0.15, -0.1) is 0 Å². The molecule has 0 bridgehead atoms. The van der Waals surface area contributed by atoms with Crippen LogP contribution in [0.4, 0.5) is 5.69 Å². The lowest BCUT2D eigenvalue weighted by Gasteiger charge is -2.12. The first-order chi connectivity index (χ1) is 10.7. The highest BCUT2D eigenvalue weighted by Gasteiger charge is 2.65. The Hall–Kier alpha value is -2.57. The second kappa shape index (κ2) is 5.91. The molecular weight excluding hydrogens is 300 g/mol. The van der Waals surface area contributed by atoms with Crippen molar-refractivity contribution in [1.29, 1.82) is 0 Å². The number of hydrogen-bond donors (Lipinski definition) is 3. The minimum absolute atomic E-state index is 0.293. The summed E-state index contributed by atoms with van der Waals surface area (Å²) in [6.45, 7) is 3.49. The second-order valence-corrected chi connectivity index (χ2v) is 6.10. The van der Waals surface area contributed by atoms with E-state index >= 15 is 0 Å². The molecule has 1 aromatic carbocycles. The fourth-order valence-electron chi connectivity index (χ4n) is 2.89. The quantitative estimate of drug-likeness (QED) is 0.759. The van der Waals surface area contributed by atoms with Gasteiger partial charge < -0.3 is 20.5 Å². The minimum atomic E-state index is -0.985. The number of nitrogens with one attached hydrogen (secondary N) is 2. The van der Waals surface area contributed by atoms with Crippen molar-refractivity contribution in [1.82, 2.24) is 5.32 Å². The molecule has 0 spiro atoms. The van der Waals surface area contributed by atoms with Gasteiger partial charge >= 0.3 is 5.97 Å². The highest BCUT2D eigenvalue weighted by molar-refractivity contribution is 6.02. The van der Waals surface area contributed by atoms with Crippen molar-refractivity contribution in [3.05, 3.63) is 23.8 Å². The molecular formula is C16H20N2O5. The Balaban J connectivity index is 2.24. The Morgan fingerprint density at radius 2 is 1.87 bits per heavy atom. The summed E-state index contributed by atoms with van der Waals surface area (Å²) >= 11 is 0. The van der Waals surface area contributed by atoms with Crippen LogP contribution in [0.5, 0.6) is 5.75 Å². The lowest BCUT2D eigenvalue weighted by atomic mass is 10.1. The zero-order valence-corrected chi connectivity index (χ0v) is 13.5. The number of carbonyl (C=O) groups excluding carboxylic acids is 2. The molecule has 2 rings (SSSR count). The van der Waals surface area contributed by atoms with E-state index in [0.29, 0.717) is 17.0 Å². The van der Waals surface area contributed by atoms with Gasteiger partial charge in [-0.2, -0.15) is 0 Å². The molecule has 7 nitrogen and oxygen atoms in total. The number of carboxylic acid groups (broad SMARTS) is 1. The highest BCUT2D eigenvalue weighted by atomic mass is 16.5. The third-order valence-electron chi connectivity index (χ3n) is 4.32. The van der Waals surface area contributed by atoms with Crippen LogP contribution in [0.2, 0.25) is 0 Å². The number of amides is 2. The van der Waals surface area contributed by atoms with E-state index in [-0.39, 0.29) is 5.91 Å². The molecule has 1 aliphatic rings. The Bertz CT molecular complexity index is 668. The SMILES string of the molecule is CNC(=O)c1ccc(OC)c(NC(=O)C2C(C(=O)O)C2(C)C)c1. The maximum absolute atomic E-state index is 12.4. The van der Waals surface area contributed by atoms with Gasteiger partial charge in [0.1, 0.15) is 5.75 Å². The van der Waals surface area contributed by atoms with Gasteiger partial charge in [0.15, 0.2) is 0 Å². The van der Waals surface area contributed by atoms with Gasteiger partial charge in [0.2, 0.25) is 5.91 Å². The number of hydrogen-bond acceptors (Lipinski definition) is 4. The molecule has 0 aliphatic heterocycles. The fraction of sp³-hybridized carbons (Fsp3) is 0.438. The van der Waals surface area contributed by atoms with Crippen molar-refractivity contribution in [2.24, 2.45) is 17.3 Å². The minimum Gasteiger partial charge on any atom is -0.495 e. The van der Waals surface area contributed by atoms with Gasteiger partial charge in [-0.1, -0.05) is 13.8 Å². The van der Waals surface area contributed by atoms with Crippen LogP contribution in [0, 0.1) is 17.3 Å². The molecule has 0 heterocycles. The Morgan fingerprint density at radius 1 is 1.22 bits per heavy atom. The van der Waals surface area contributed by atoms with E-state index in [9.17, 15) is 14.4 Å². The van der Waals surface area contributed by atoms with E-state index in [2.05, 4.69) is 10.6 Å². The van der Waals surface area contributed by atoms with Crippen molar-refractivity contribution < 1.29 is 24.2 Å². The molecule has 2 amide bonds. The number of rotatable bonds is 5. The van der Waals surface area contributed by atoms with Crippen LogP contribution in [0.3, 0.4) is 0 Å². The van der Waals surface area contributed by atoms with Gasteiger partial charge in [0, 0.05) is 12.6 Å². The van der Waals surface area contributed by atoms with Crippen LogP contribution in [-0.4, -0.2) is 37.0 Å². The Morgan fingerprint density at radius 3 is 2.35 bits per heavy atom. The first-order valence-electron chi connectivity index (χ1n) is 7.17. The first kappa shape index (κ1) is 16.8. The predicted molar refractivity (Wildman–Crippen MR) is 83.4 cm³/mol. The monoisotopic (exact) mass is 320 g/mol. The summed E-state index contributed by atoms with van der Waals surface area (Å²) in [6.07, 6.45) is 0. The highest BCUT2D eigenvalue weighted by Crippen LogP contribution is 2.58. The summed E-state index contributed by atoms with van der Waals surface area (Å²) in [6, 6.07) is 4.65. The molecule has 3 N–H and O–H groups in total. The molecule has 0 radical (unpaired) electrons. The smallest absolute Gasteiger partial charge is 0.307 e. The van der Waals surface area contributed by atoms with Crippen molar-refractivity contribution in [3.63, 3.8) is 0 Å². The van der Waals surface area contributed by atoms with Gasteiger partial charge in [0.25, 0.3) is 5.91 Å². The third kappa shape index (κ3) is 2.99. The van der Waals surface area contributed by atoms with E-state index in [1.54, 1.807) is 26.0 Å². The summed E-state index contributed by atoms with van der Waals surface area (Å²) in [5.74, 6) is -2.60. The van der Waals surface area contributed by atoms with Crippen LogP contribution in [-0.2, 0) is 9.59 Å². The largest absolute Gasteiger partial charge is 0.495 e. The van der Waals surface area contributed by atoms with Gasteiger partial charge in [-0.25, -0.2) is 0 Å². The van der Waals surface area contributed by atoms with Crippen LogP contribution in [0.25, 0.3) is 0 Å². The molecule has 1 aromatic rings. The topological polar surface area (TPSA) is 105 Å². The summed E-state index contributed by atoms with van der Waals surface area (Å²) < 4.78 is 5.18. The molecule has 1 fully saturated rings. The summed E-state index contributed by atoms with van der Waals surface area (Å²) in [5.41, 5.74) is 0.112. The molecule has 2 atom stereocenters.